The molecule has 0 bridgehead atoms. The maximum absolute atomic E-state index is 12.9. The molecule has 0 saturated carbocycles. The molecule has 0 amide bonds. The smallest absolute Gasteiger partial charge is 0.343 e. The molecule has 33 heavy (non-hydrogen) atoms. The van der Waals surface area contributed by atoms with Crippen LogP contribution in [-0.4, -0.2) is 35.1 Å². The van der Waals surface area contributed by atoms with E-state index >= 15 is 0 Å². The summed E-state index contributed by atoms with van der Waals surface area (Å²) in [6, 6.07) is 13.1. The van der Waals surface area contributed by atoms with Crippen LogP contribution < -0.4 is 4.90 Å². The van der Waals surface area contributed by atoms with Gasteiger partial charge in [-0.15, -0.1) is 12.1 Å². The average molecular weight is 635 g/mol. The fourth-order valence-electron chi connectivity index (χ4n) is 3.14. The van der Waals surface area contributed by atoms with Gasteiger partial charge in [-0.3, -0.25) is 20.2 Å². The summed E-state index contributed by atoms with van der Waals surface area (Å²) in [4.78, 5) is 11.2. The van der Waals surface area contributed by atoms with Crippen LogP contribution in [0.1, 0.15) is 32.2 Å². The molecule has 0 radical (unpaired) electrons. The number of aromatic nitrogens is 6. The maximum Gasteiger partial charge on any atom is 2.00 e. The minimum atomic E-state index is -4.55. The van der Waals surface area contributed by atoms with Gasteiger partial charge in [0.15, 0.2) is 0 Å². The summed E-state index contributed by atoms with van der Waals surface area (Å²) in [5, 5.41) is 7.92. The van der Waals surface area contributed by atoms with Crippen LogP contribution in [0.2, 0.25) is 0 Å². The minimum absolute atomic E-state index is 0. The summed E-state index contributed by atoms with van der Waals surface area (Å²) in [5.74, 6) is 1.88. The molecular weight excluding hydrogens is 614 g/mol. The standard InChI is InChI=1S/C22H20F3N7.Pt/c1-15-11-13-30(28-15)17-7-5-9-19(26-17)32(21(2,3)4)20-10-6-8-18(27-20)31-14-12-16(29-31)22(23,24)25;/h5-12H,1-4H3;/q-2;+2. The van der Waals surface area contributed by atoms with E-state index in [4.69, 9.17) is 4.98 Å². The average Bonchev–Trinajstić information content (AvgIpc) is 3.37. The Labute approximate surface area is 203 Å². The minimum Gasteiger partial charge on any atom is -0.343 e. The van der Waals surface area contributed by atoms with Crippen molar-refractivity contribution in [2.24, 2.45) is 0 Å². The van der Waals surface area contributed by atoms with Gasteiger partial charge in [0.2, 0.25) is 0 Å². The first-order valence-corrected chi connectivity index (χ1v) is 9.77. The van der Waals surface area contributed by atoms with Gasteiger partial charge >= 0.3 is 27.2 Å². The molecule has 0 aromatic carbocycles. The van der Waals surface area contributed by atoms with Crippen LogP contribution in [0.25, 0.3) is 11.6 Å². The molecule has 0 N–H and O–H groups in total. The summed E-state index contributed by atoms with van der Waals surface area (Å²) in [6.07, 6.45) is 0.940. The molecule has 0 aliphatic heterocycles. The number of pyridine rings is 2. The van der Waals surface area contributed by atoms with Crippen molar-refractivity contribution in [1.29, 1.82) is 0 Å². The number of nitrogens with zero attached hydrogens (tertiary/aromatic N) is 7. The quantitative estimate of drug-likeness (QED) is 0.305. The molecule has 0 spiro atoms. The van der Waals surface area contributed by atoms with Crippen LogP contribution in [0.15, 0.2) is 48.5 Å². The van der Waals surface area contributed by atoms with E-state index in [-0.39, 0.29) is 26.9 Å². The Hall–Kier alpha value is -3.00. The van der Waals surface area contributed by atoms with Crippen molar-refractivity contribution in [2.75, 3.05) is 4.90 Å². The zero-order valence-electron chi connectivity index (χ0n) is 18.2. The molecule has 7 nitrogen and oxygen atoms in total. The number of halogens is 3. The van der Waals surface area contributed by atoms with E-state index in [0.29, 0.717) is 17.5 Å². The molecule has 0 fully saturated rings. The third kappa shape index (κ3) is 5.33. The Kier molecular flexibility index (Phi) is 6.79. The summed E-state index contributed by atoms with van der Waals surface area (Å²) in [5.41, 5.74) is -0.670. The van der Waals surface area contributed by atoms with E-state index < -0.39 is 17.4 Å². The number of hydrogen-bond acceptors (Lipinski definition) is 5. The zero-order valence-corrected chi connectivity index (χ0v) is 20.5. The van der Waals surface area contributed by atoms with Gasteiger partial charge in [0, 0.05) is 5.54 Å². The van der Waals surface area contributed by atoms with Gasteiger partial charge in [0.05, 0.1) is 17.3 Å². The molecule has 4 rings (SSSR count). The zero-order chi connectivity index (χ0) is 23.1. The number of hydrogen-bond donors (Lipinski definition) is 0. The van der Waals surface area contributed by atoms with Crippen molar-refractivity contribution in [1.82, 2.24) is 29.5 Å². The van der Waals surface area contributed by atoms with E-state index in [2.05, 4.69) is 27.6 Å². The van der Waals surface area contributed by atoms with E-state index in [1.807, 2.05) is 50.8 Å². The first kappa shape index (κ1) is 24.6. The van der Waals surface area contributed by atoms with Crippen LogP contribution in [0, 0.1) is 19.3 Å². The van der Waals surface area contributed by atoms with E-state index in [0.717, 1.165) is 16.4 Å². The molecule has 0 aliphatic rings. The molecule has 0 saturated heterocycles. The summed E-state index contributed by atoms with van der Waals surface area (Å²) in [7, 11) is 0. The fraction of sp³-hybridized carbons (Fsp3) is 0.273. The van der Waals surface area contributed by atoms with Crippen molar-refractivity contribution in [2.45, 2.75) is 39.4 Å². The summed E-state index contributed by atoms with van der Waals surface area (Å²) < 4.78 is 41.4. The number of rotatable bonds is 4. The number of aryl methyl sites for hydroxylation is 1. The molecular formula is C22H20F3N7Pt. The SMILES string of the molecule is Cc1c[c-]n(-c2cccc(N(c3cccc(-n4[c-]cc(C(F)(F)F)n4)n3)C(C)(C)C)n2)n1.[Pt+2]. The van der Waals surface area contributed by atoms with Crippen molar-refractivity contribution in [3.8, 4) is 11.6 Å². The summed E-state index contributed by atoms with van der Waals surface area (Å²) in [6.45, 7) is 7.83. The Bertz CT molecular complexity index is 1240. The van der Waals surface area contributed by atoms with Crippen molar-refractivity contribution in [3.05, 3.63) is 72.3 Å². The van der Waals surface area contributed by atoms with Gasteiger partial charge in [0.25, 0.3) is 0 Å². The molecule has 0 atom stereocenters. The summed E-state index contributed by atoms with van der Waals surface area (Å²) >= 11 is 0. The molecule has 4 aromatic heterocycles. The Balaban J connectivity index is 0.00000306. The molecule has 174 valence electrons. The molecule has 4 heterocycles. The van der Waals surface area contributed by atoms with Crippen molar-refractivity contribution in [3.63, 3.8) is 0 Å². The number of anilines is 2. The van der Waals surface area contributed by atoms with Crippen molar-refractivity contribution >= 4 is 11.6 Å². The largest absolute Gasteiger partial charge is 2.00 e. The second-order valence-electron chi connectivity index (χ2n) is 8.11. The molecule has 0 aliphatic carbocycles. The molecule has 0 unspecified atom stereocenters. The van der Waals surface area contributed by atoms with Crippen LogP contribution >= 0.6 is 0 Å². The van der Waals surface area contributed by atoms with Gasteiger partial charge in [-0.25, -0.2) is 0 Å². The van der Waals surface area contributed by atoms with Crippen LogP contribution in [-0.2, 0) is 27.2 Å². The Morgan fingerprint density at radius 3 is 1.76 bits per heavy atom. The first-order chi connectivity index (χ1) is 15.0. The Morgan fingerprint density at radius 2 is 1.33 bits per heavy atom. The van der Waals surface area contributed by atoms with Gasteiger partial charge in [-0.05, 0) is 38.6 Å². The van der Waals surface area contributed by atoms with Crippen LogP contribution in [0.5, 0.6) is 0 Å². The third-order valence-corrected chi connectivity index (χ3v) is 4.48. The van der Waals surface area contributed by atoms with Crippen LogP contribution in [0.4, 0.5) is 24.8 Å². The fourth-order valence-corrected chi connectivity index (χ4v) is 3.14. The predicted octanol–water partition coefficient (Wildman–Crippen LogP) is 4.71. The molecule has 11 heteroatoms. The van der Waals surface area contributed by atoms with Gasteiger partial charge < -0.3 is 14.3 Å². The first-order valence-electron chi connectivity index (χ1n) is 9.77. The van der Waals surface area contributed by atoms with Gasteiger partial charge in [-0.2, -0.15) is 13.2 Å². The predicted molar refractivity (Wildman–Crippen MR) is 112 cm³/mol. The second-order valence-corrected chi connectivity index (χ2v) is 8.11. The third-order valence-electron chi connectivity index (χ3n) is 4.48. The Morgan fingerprint density at radius 1 is 0.818 bits per heavy atom. The normalized spacial score (nSPS) is 11.8. The van der Waals surface area contributed by atoms with E-state index in [1.165, 1.54) is 0 Å². The van der Waals surface area contributed by atoms with E-state index in [9.17, 15) is 13.2 Å². The molecule has 4 aromatic rings. The second kappa shape index (κ2) is 9.09. The van der Waals surface area contributed by atoms with Crippen molar-refractivity contribution < 1.29 is 34.2 Å². The monoisotopic (exact) mass is 634 g/mol. The van der Waals surface area contributed by atoms with Crippen LogP contribution in [0.3, 0.4) is 0 Å². The van der Waals surface area contributed by atoms with Gasteiger partial charge in [0.1, 0.15) is 11.6 Å². The van der Waals surface area contributed by atoms with Gasteiger partial charge in [-0.1, -0.05) is 43.6 Å². The topological polar surface area (TPSA) is 64.7 Å². The maximum atomic E-state index is 12.9. The van der Waals surface area contributed by atoms with E-state index in [1.54, 1.807) is 28.9 Å². The number of alkyl halides is 3.